The molecule has 0 aromatic rings. The minimum atomic E-state index is -0.488. The van der Waals surface area contributed by atoms with Gasteiger partial charge < -0.3 is 5.32 Å². The van der Waals surface area contributed by atoms with Crippen LogP contribution in [0.2, 0.25) is 0 Å². The number of amides is 2. The van der Waals surface area contributed by atoms with Gasteiger partial charge in [0.25, 0.3) is 0 Å². The van der Waals surface area contributed by atoms with Gasteiger partial charge in [-0.05, 0) is 0 Å². The minimum absolute atomic E-state index is 0.0361. The molecule has 6 heteroatoms. The molecule has 1 fully saturated rings. The predicted octanol–water partition coefficient (Wildman–Crippen LogP) is 0.764. The van der Waals surface area contributed by atoms with Crippen molar-refractivity contribution in [2.45, 2.75) is 20.8 Å². The molecule has 0 bridgehead atoms. The molecule has 5 nitrogen and oxygen atoms in total. The SMILES string of the molecule is CNC(=O)CN1C(=O)CS/C1=C\C(=O)C(C)(C)C. The number of likely N-dealkylation sites (N-methyl/N-ethyl adjacent to an activating group) is 1. The summed E-state index contributed by atoms with van der Waals surface area (Å²) in [5.41, 5.74) is -0.488. The quantitative estimate of drug-likeness (QED) is 0.769. The lowest BCUT2D eigenvalue weighted by atomic mass is 9.91. The van der Waals surface area contributed by atoms with Crippen LogP contribution in [0.5, 0.6) is 0 Å². The van der Waals surface area contributed by atoms with Gasteiger partial charge in [0.15, 0.2) is 5.78 Å². The average Bonchev–Trinajstić information content (AvgIpc) is 2.60. The molecule has 100 valence electrons. The highest BCUT2D eigenvalue weighted by molar-refractivity contribution is 8.04. The largest absolute Gasteiger partial charge is 0.358 e. The number of carbonyl (C=O) groups is 3. The smallest absolute Gasteiger partial charge is 0.239 e. The van der Waals surface area contributed by atoms with Crippen LogP contribution in [0, 0.1) is 5.41 Å². The molecule has 1 rings (SSSR count). The van der Waals surface area contributed by atoms with Gasteiger partial charge in [-0.2, -0.15) is 0 Å². The van der Waals surface area contributed by atoms with Crippen LogP contribution in [0.25, 0.3) is 0 Å². The molecule has 1 N–H and O–H groups in total. The van der Waals surface area contributed by atoms with Crippen LogP contribution in [-0.4, -0.2) is 41.8 Å². The van der Waals surface area contributed by atoms with E-state index in [1.54, 1.807) is 0 Å². The highest BCUT2D eigenvalue weighted by Crippen LogP contribution is 2.30. The molecule has 0 saturated carbocycles. The van der Waals surface area contributed by atoms with E-state index in [0.717, 1.165) is 0 Å². The van der Waals surface area contributed by atoms with Crippen molar-refractivity contribution in [3.8, 4) is 0 Å². The van der Waals surface area contributed by atoms with Crippen LogP contribution < -0.4 is 5.32 Å². The predicted molar refractivity (Wildman–Crippen MR) is 70.8 cm³/mol. The third-order valence-corrected chi connectivity index (χ3v) is 3.51. The number of nitrogens with zero attached hydrogens (tertiary/aromatic N) is 1. The van der Waals surface area contributed by atoms with E-state index in [1.165, 1.54) is 29.8 Å². The van der Waals surface area contributed by atoms with Gasteiger partial charge in [0.2, 0.25) is 11.8 Å². The lowest BCUT2D eigenvalue weighted by Gasteiger charge is -2.18. The fraction of sp³-hybridized carbons (Fsp3) is 0.583. The summed E-state index contributed by atoms with van der Waals surface area (Å²) in [6.45, 7) is 5.41. The summed E-state index contributed by atoms with van der Waals surface area (Å²) in [6.07, 6.45) is 1.46. The molecule has 0 atom stereocenters. The number of hydrogen-bond donors (Lipinski definition) is 1. The zero-order chi connectivity index (χ0) is 13.9. The highest BCUT2D eigenvalue weighted by Gasteiger charge is 2.30. The minimum Gasteiger partial charge on any atom is -0.358 e. The van der Waals surface area contributed by atoms with E-state index in [2.05, 4.69) is 5.32 Å². The van der Waals surface area contributed by atoms with Gasteiger partial charge in [0.05, 0.1) is 10.8 Å². The summed E-state index contributed by atoms with van der Waals surface area (Å²) in [4.78, 5) is 36.2. The number of allylic oxidation sites excluding steroid dienone is 1. The van der Waals surface area contributed by atoms with Crippen molar-refractivity contribution in [1.82, 2.24) is 10.2 Å². The second kappa shape index (κ2) is 5.56. The Morgan fingerprint density at radius 2 is 2.06 bits per heavy atom. The number of hydrogen-bond acceptors (Lipinski definition) is 4. The molecule has 2 amide bonds. The Kier molecular flexibility index (Phi) is 4.56. The monoisotopic (exact) mass is 270 g/mol. The van der Waals surface area contributed by atoms with Gasteiger partial charge in [-0.1, -0.05) is 32.5 Å². The molecule has 1 aliphatic rings. The molecule has 0 radical (unpaired) electrons. The van der Waals surface area contributed by atoms with Crippen molar-refractivity contribution >= 4 is 29.4 Å². The Labute approximate surface area is 111 Å². The summed E-state index contributed by atoms with van der Waals surface area (Å²) in [6, 6.07) is 0. The first-order valence-electron chi connectivity index (χ1n) is 5.65. The lowest BCUT2D eigenvalue weighted by molar-refractivity contribution is -0.131. The van der Waals surface area contributed by atoms with Crippen LogP contribution in [0.4, 0.5) is 0 Å². The van der Waals surface area contributed by atoms with Crippen LogP contribution in [0.15, 0.2) is 11.1 Å². The molecule has 1 aliphatic heterocycles. The first kappa shape index (κ1) is 14.8. The van der Waals surface area contributed by atoms with Crippen LogP contribution in [-0.2, 0) is 14.4 Å². The maximum atomic E-state index is 11.9. The van der Waals surface area contributed by atoms with Gasteiger partial charge in [-0.15, -0.1) is 0 Å². The topological polar surface area (TPSA) is 66.5 Å². The number of ketones is 1. The fourth-order valence-electron chi connectivity index (χ4n) is 1.25. The second-order valence-corrected chi connectivity index (χ2v) is 6.03. The number of nitrogens with one attached hydrogen (secondary N) is 1. The Morgan fingerprint density at radius 1 is 1.44 bits per heavy atom. The van der Waals surface area contributed by atoms with Gasteiger partial charge in [-0.25, -0.2) is 0 Å². The lowest BCUT2D eigenvalue weighted by Crippen LogP contribution is -2.36. The molecule has 18 heavy (non-hydrogen) atoms. The third kappa shape index (κ3) is 3.60. The first-order chi connectivity index (χ1) is 8.25. The number of carbonyl (C=O) groups excluding carboxylic acids is 3. The normalized spacial score (nSPS) is 18.3. The molecule has 0 spiro atoms. The van der Waals surface area contributed by atoms with Gasteiger partial charge in [-0.3, -0.25) is 19.3 Å². The zero-order valence-corrected chi connectivity index (χ0v) is 11.9. The molecular formula is C12H18N2O3S. The molecule has 0 aromatic heterocycles. The summed E-state index contributed by atoms with van der Waals surface area (Å²) in [5.74, 6) is -0.168. The Hall–Kier alpha value is -1.30. The van der Waals surface area contributed by atoms with E-state index >= 15 is 0 Å². The standard InChI is InChI=1S/C12H18N2O3S/c1-12(2,3)8(15)5-11-14(6-9(16)13-4)10(17)7-18-11/h5H,6-7H2,1-4H3,(H,13,16)/b11-5-. The van der Waals surface area contributed by atoms with Gasteiger partial charge >= 0.3 is 0 Å². The van der Waals surface area contributed by atoms with Crippen molar-refractivity contribution in [1.29, 1.82) is 0 Å². The van der Waals surface area contributed by atoms with Crippen molar-refractivity contribution in [2.24, 2.45) is 5.41 Å². The maximum absolute atomic E-state index is 11.9. The molecule has 1 heterocycles. The summed E-state index contributed by atoms with van der Waals surface area (Å²) in [5, 5.41) is 3.02. The van der Waals surface area contributed by atoms with Crippen molar-refractivity contribution in [3.63, 3.8) is 0 Å². The van der Waals surface area contributed by atoms with Crippen LogP contribution >= 0.6 is 11.8 Å². The summed E-state index contributed by atoms with van der Waals surface area (Å²) in [7, 11) is 1.51. The molecule has 1 saturated heterocycles. The Bertz CT molecular complexity index is 410. The Morgan fingerprint density at radius 3 is 2.56 bits per heavy atom. The van der Waals surface area contributed by atoms with E-state index in [-0.39, 0.29) is 29.9 Å². The van der Waals surface area contributed by atoms with E-state index < -0.39 is 5.41 Å². The summed E-state index contributed by atoms with van der Waals surface area (Å²) >= 11 is 1.29. The fourth-order valence-corrected chi connectivity index (χ4v) is 2.19. The van der Waals surface area contributed by atoms with Crippen LogP contribution in [0.3, 0.4) is 0 Å². The molecular weight excluding hydrogens is 252 g/mol. The van der Waals surface area contributed by atoms with Crippen molar-refractivity contribution in [3.05, 3.63) is 11.1 Å². The van der Waals surface area contributed by atoms with Gasteiger partial charge in [0.1, 0.15) is 6.54 Å². The first-order valence-corrected chi connectivity index (χ1v) is 6.64. The molecule has 0 aromatic carbocycles. The zero-order valence-electron chi connectivity index (χ0n) is 11.1. The van der Waals surface area contributed by atoms with Crippen molar-refractivity contribution in [2.75, 3.05) is 19.3 Å². The molecule has 0 aliphatic carbocycles. The van der Waals surface area contributed by atoms with Gasteiger partial charge in [0, 0.05) is 18.5 Å². The third-order valence-electron chi connectivity index (χ3n) is 2.48. The maximum Gasteiger partial charge on any atom is 0.239 e. The Balaban J connectivity index is 2.87. The second-order valence-electron chi connectivity index (χ2n) is 5.04. The molecule has 0 unspecified atom stereocenters. The van der Waals surface area contributed by atoms with E-state index in [9.17, 15) is 14.4 Å². The average molecular weight is 270 g/mol. The van der Waals surface area contributed by atoms with E-state index in [4.69, 9.17) is 0 Å². The number of thioether (sulfide) groups is 1. The highest BCUT2D eigenvalue weighted by atomic mass is 32.2. The van der Waals surface area contributed by atoms with E-state index in [1.807, 2.05) is 20.8 Å². The number of rotatable bonds is 3. The van der Waals surface area contributed by atoms with Crippen molar-refractivity contribution < 1.29 is 14.4 Å². The summed E-state index contributed by atoms with van der Waals surface area (Å²) < 4.78 is 0. The van der Waals surface area contributed by atoms with E-state index in [0.29, 0.717) is 5.03 Å². The van der Waals surface area contributed by atoms with Crippen LogP contribution in [0.1, 0.15) is 20.8 Å².